The molecule has 0 radical (unpaired) electrons. The highest BCUT2D eigenvalue weighted by Crippen LogP contribution is 2.27. The van der Waals surface area contributed by atoms with Crippen molar-refractivity contribution in [3.8, 4) is 0 Å². The van der Waals surface area contributed by atoms with Crippen LogP contribution in [0.15, 0.2) is 54.6 Å². The molecule has 25 heavy (non-hydrogen) atoms. The van der Waals surface area contributed by atoms with Crippen LogP contribution in [0.3, 0.4) is 0 Å². The summed E-state index contributed by atoms with van der Waals surface area (Å²) >= 11 is 0. The van der Waals surface area contributed by atoms with Gasteiger partial charge in [-0.2, -0.15) is 0 Å². The zero-order valence-electron chi connectivity index (χ0n) is 14.7. The fraction of sp³-hybridized carbons (Fsp3) is 0.429. The summed E-state index contributed by atoms with van der Waals surface area (Å²) < 4.78 is 29.0. The third kappa shape index (κ3) is 5.10. The molecule has 4 heteroatoms. The molecular weight excluding hydrogens is 318 g/mol. The van der Waals surface area contributed by atoms with Crippen molar-refractivity contribution in [3.63, 3.8) is 0 Å². The Labute approximate surface area is 148 Å². The Balaban J connectivity index is 1.48. The van der Waals surface area contributed by atoms with E-state index in [9.17, 15) is 8.78 Å². The molecule has 0 saturated carbocycles. The lowest BCUT2D eigenvalue weighted by molar-refractivity contribution is -0.0902. The highest BCUT2D eigenvalue weighted by molar-refractivity contribution is 5.21. The maximum absolute atomic E-state index is 14.5. The molecule has 1 saturated heterocycles. The van der Waals surface area contributed by atoms with Gasteiger partial charge in [0.25, 0.3) is 5.92 Å². The Kier molecular flexibility index (Phi) is 5.82. The molecular formula is C21H26F2N2. The minimum absolute atomic E-state index is 0.161. The highest BCUT2D eigenvalue weighted by Gasteiger charge is 2.43. The Morgan fingerprint density at radius 2 is 1.76 bits per heavy atom. The molecule has 2 nitrogen and oxygen atoms in total. The van der Waals surface area contributed by atoms with E-state index in [4.69, 9.17) is 0 Å². The highest BCUT2D eigenvalue weighted by atomic mass is 19.3. The predicted molar refractivity (Wildman–Crippen MR) is 98.0 cm³/mol. The minimum Gasteiger partial charge on any atom is -0.304 e. The predicted octanol–water partition coefficient (Wildman–Crippen LogP) is 4.04. The van der Waals surface area contributed by atoms with Crippen LogP contribution in [0.1, 0.15) is 23.1 Å². The summed E-state index contributed by atoms with van der Waals surface area (Å²) in [5.74, 6) is -2.69. The lowest BCUT2D eigenvalue weighted by Gasteiger charge is -2.38. The van der Waals surface area contributed by atoms with Crippen LogP contribution in [0.25, 0.3) is 0 Å². The number of nitrogens with one attached hydrogen (secondary N) is 1. The average Bonchev–Trinajstić information content (AvgIpc) is 2.61. The quantitative estimate of drug-likeness (QED) is 0.851. The molecule has 0 bridgehead atoms. The summed E-state index contributed by atoms with van der Waals surface area (Å²) in [6.45, 7) is 3.78. The first kappa shape index (κ1) is 18.0. The van der Waals surface area contributed by atoms with Crippen molar-refractivity contribution < 1.29 is 8.78 Å². The second-order valence-electron chi connectivity index (χ2n) is 6.98. The van der Waals surface area contributed by atoms with E-state index in [0.29, 0.717) is 26.1 Å². The van der Waals surface area contributed by atoms with Crippen molar-refractivity contribution in [1.82, 2.24) is 10.2 Å². The third-order valence-electron chi connectivity index (χ3n) is 4.91. The van der Waals surface area contributed by atoms with Gasteiger partial charge in [-0.15, -0.1) is 0 Å². The summed E-state index contributed by atoms with van der Waals surface area (Å²) in [6, 6.07) is 17.3. The van der Waals surface area contributed by atoms with E-state index in [1.165, 1.54) is 11.1 Å². The van der Waals surface area contributed by atoms with Crippen molar-refractivity contribution in [2.75, 3.05) is 19.6 Å². The van der Waals surface area contributed by atoms with E-state index >= 15 is 0 Å². The van der Waals surface area contributed by atoms with Gasteiger partial charge in [0.15, 0.2) is 0 Å². The number of piperidine rings is 1. The first-order chi connectivity index (χ1) is 12.0. The molecule has 1 atom stereocenters. The zero-order chi connectivity index (χ0) is 17.7. The van der Waals surface area contributed by atoms with Crippen molar-refractivity contribution in [3.05, 3.63) is 71.3 Å². The molecule has 0 aliphatic carbocycles. The molecule has 1 aliphatic rings. The SMILES string of the molecule is Cc1ccc(CCN2CCC(NCc3ccccc3)C(F)(F)C2)cc1. The molecule has 1 aliphatic heterocycles. The molecule has 0 aromatic heterocycles. The van der Waals surface area contributed by atoms with Gasteiger partial charge in [-0.1, -0.05) is 60.2 Å². The van der Waals surface area contributed by atoms with Crippen molar-refractivity contribution in [2.45, 2.75) is 38.3 Å². The number of benzene rings is 2. The van der Waals surface area contributed by atoms with Gasteiger partial charge in [-0.05, 0) is 30.9 Å². The van der Waals surface area contributed by atoms with Crippen molar-refractivity contribution in [2.24, 2.45) is 0 Å². The van der Waals surface area contributed by atoms with E-state index in [1.807, 2.05) is 35.2 Å². The number of hydrogen-bond donors (Lipinski definition) is 1. The largest absolute Gasteiger partial charge is 0.304 e. The molecule has 2 aromatic carbocycles. The Hall–Kier alpha value is -1.78. The number of nitrogens with zero attached hydrogens (tertiary/aromatic N) is 1. The van der Waals surface area contributed by atoms with Gasteiger partial charge in [-0.3, -0.25) is 4.90 Å². The van der Waals surface area contributed by atoms with Crippen molar-refractivity contribution >= 4 is 0 Å². The summed E-state index contributed by atoms with van der Waals surface area (Å²) in [4.78, 5) is 1.89. The maximum atomic E-state index is 14.5. The Morgan fingerprint density at radius 1 is 1.04 bits per heavy atom. The van der Waals surface area contributed by atoms with Crippen LogP contribution in [0.5, 0.6) is 0 Å². The Morgan fingerprint density at radius 3 is 2.44 bits per heavy atom. The fourth-order valence-corrected chi connectivity index (χ4v) is 3.33. The monoisotopic (exact) mass is 344 g/mol. The van der Waals surface area contributed by atoms with Crippen LogP contribution in [0.4, 0.5) is 8.78 Å². The van der Waals surface area contributed by atoms with Crippen LogP contribution in [-0.2, 0) is 13.0 Å². The molecule has 134 valence electrons. The zero-order valence-corrected chi connectivity index (χ0v) is 14.7. The molecule has 1 unspecified atom stereocenters. The number of likely N-dealkylation sites (tertiary alicyclic amines) is 1. The third-order valence-corrected chi connectivity index (χ3v) is 4.91. The van der Waals surface area contributed by atoms with E-state index < -0.39 is 12.0 Å². The molecule has 2 aromatic rings. The van der Waals surface area contributed by atoms with Gasteiger partial charge in [0.2, 0.25) is 0 Å². The fourth-order valence-electron chi connectivity index (χ4n) is 3.33. The molecule has 1 heterocycles. The second kappa shape index (κ2) is 8.07. The molecule has 1 N–H and O–H groups in total. The minimum atomic E-state index is -2.69. The second-order valence-corrected chi connectivity index (χ2v) is 6.98. The van der Waals surface area contributed by atoms with E-state index in [-0.39, 0.29) is 6.54 Å². The molecule has 3 rings (SSSR count). The van der Waals surface area contributed by atoms with E-state index in [1.54, 1.807) is 0 Å². The maximum Gasteiger partial charge on any atom is 0.275 e. The van der Waals surface area contributed by atoms with Gasteiger partial charge < -0.3 is 5.32 Å². The van der Waals surface area contributed by atoms with Gasteiger partial charge >= 0.3 is 0 Å². The molecule has 0 amide bonds. The van der Waals surface area contributed by atoms with Crippen molar-refractivity contribution in [1.29, 1.82) is 0 Å². The lowest BCUT2D eigenvalue weighted by atomic mass is 9.99. The summed E-state index contributed by atoms with van der Waals surface area (Å²) in [6.07, 6.45) is 1.30. The topological polar surface area (TPSA) is 15.3 Å². The number of hydrogen-bond acceptors (Lipinski definition) is 2. The van der Waals surface area contributed by atoms with Gasteiger partial charge in [0, 0.05) is 19.6 Å². The molecule has 0 spiro atoms. The summed E-state index contributed by atoms with van der Waals surface area (Å²) in [7, 11) is 0. The summed E-state index contributed by atoms with van der Waals surface area (Å²) in [5, 5.41) is 3.05. The smallest absolute Gasteiger partial charge is 0.275 e. The normalized spacial score (nSPS) is 20.5. The van der Waals surface area contributed by atoms with Crippen LogP contribution < -0.4 is 5.32 Å². The van der Waals surface area contributed by atoms with Gasteiger partial charge in [0.05, 0.1) is 12.6 Å². The number of rotatable bonds is 6. The van der Waals surface area contributed by atoms with Crippen LogP contribution in [0, 0.1) is 6.92 Å². The first-order valence-electron chi connectivity index (χ1n) is 8.96. The summed E-state index contributed by atoms with van der Waals surface area (Å²) in [5.41, 5.74) is 3.47. The average molecular weight is 344 g/mol. The number of aryl methyl sites for hydroxylation is 1. The van der Waals surface area contributed by atoms with Gasteiger partial charge in [-0.25, -0.2) is 8.78 Å². The van der Waals surface area contributed by atoms with Crippen LogP contribution >= 0.6 is 0 Å². The standard InChI is InChI=1S/C21H26F2N2/c1-17-7-9-18(10-8-17)11-13-25-14-12-20(21(22,23)16-25)24-15-19-5-3-2-4-6-19/h2-10,20,24H,11-16H2,1H3. The number of alkyl halides is 2. The number of halogens is 2. The van der Waals surface area contributed by atoms with Crippen LogP contribution in [-0.4, -0.2) is 36.5 Å². The van der Waals surface area contributed by atoms with E-state index in [0.717, 1.165) is 12.0 Å². The molecule has 1 fully saturated rings. The van der Waals surface area contributed by atoms with Crippen LogP contribution in [0.2, 0.25) is 0 Å². The van der Waals surface area contributed by atoms with E-state index in [2.05, 4.69) is 36.5 Å². The lowest BCUT2D eigenvalue weighted by Crippen LogP contribution is -2.57. The Bertz CT molecular complexity index is 655. The van der Waals surface area contributed by atoms with Gasteiger partial charge in [0.1, 0.15) is 0 Å². The first-order valence-corrected chi connectivity index (χ1v) is 8.96.